The van der Waals surface area contributed by atoms with Crippen molar-refractivity contribution in [2.75, 3.05) is 0 Å². The normalized spacial score (nSPS) is 12.6. The topological polar surface area (TPSA) is 17.1 Å². The van der Waals surface area contributed by atoms with Crippen molar-refractivity contribution in [1.29, 1.82) is 0 Å². The van der Waals surface area contributed by atoms with Crippen LogP contribution in [0.4, 0.5) is 8.78 Å². The zero-order valence-corrected chi connectivity index (χ0v) is 9.14. The van der Waals surface area contributed by atoms with E-state index in [-0.39, 0.29) is 16.5 Å². The Morgan fingerprint density at radius 3 is 2.71 bits per heavy atom. The SMILES string of the molecule is CC(CC=O)c1c(F)ccc(Br)c1F. The third-order valence-electron chi connectivity index (χ3n) is 2.02. The van der Waals surface area contributed by atoms with Gasteiger partial charge in [-0.15, -0.1) is 0 Å². The average Bonchev–Trinajstić information content (AvgIpc) is 2.13. The van der Waals surface area contributed by atoms with Gasteiger partial charge in [0.1, 0.15) is 17.9 Å². The Labute approximate surface area is 89.3 Å². The molecule has 0 aliphatic heterocycles. The van der Waals surface area contributed by atoms with Crippen LogP contribution in [-0.4, -0.2) is 6.29 Å². The molecule has 1 atom stereocenters. The van der Waals surface area contributed by atoms with E-state index in [9.17, 15) is 13.6 Å². The van der Waals surface area contributed by atoms with Crippen LogP contribution in [-0.2, 0) is 4.79 Å². The highest BCUT2D eigenvalue weighted by Crippen LogP contribution is 2.28. The van der Waals surface area contributed by atoms with Gasteiger partial charge in [0.25, 0.3) is 0 Å². The van der Waals surface area contributed by atoms with Crippen LogP contribution in [0, 0.1) is 11.6 Å². The first kappa shape index (κ1) is 11.3. The number of hydrogen-bond acceptors (Lipinski definition) is 1. The molecular formula is C10H9BrF2O. The lowest BCUT2D eigenvalue weighted by atomic mass is 9.97. The van der Waals surface area contributed by atoms with Crippen molar-refractivity contribution in [1.82, 2.24) is 0 Å². The molecule has 0 heterocycles. The summed E-state index contributed by atoms with van der Waals surface area (Å²) >= 11 is 2.97. The summed E-state index contributed by atoms with van der Waals surface area (Å²) in [4.78, 5) is 10.2. The van der Waals surface area contributed by atoms with E-state index < -0.39 is 17.6 Å². The molecule has 4 heteroatoms. The van der Waals surface area contributed by atoms with Crippen molar-refractivity contribution in [3.63, 3.8) is 0 Å². The van der Waals surface area contributed by atoms with Gasteiger partial charge in [0.05, 0.1) is 4.47 Å². The Bertz CT molecular complexity index is 352. The summed E-state index contributed by atoms with van der Waals surface area (Å²) in [5.74, 6) is -1.68. The Kier molecular flexibility index (Phi) is 3.75. The third kappa shape index (κ3) is 2.18. The lowest BCUT2D eigenvalue weighted by Crippen LogP contribution is -2.02. The minimum absolute atomic E-state index is 0.0357. The van der Waals surface area contributed by atoms with Crippen LogP contribution in [0.3, 0.4) is 0 Å². The molecule has 0 spiro atoms. The van der Waals surface area contributed by atoms with Gasteiger partial charge in [0, 0.05) is 12.0 Å². The van der Waals surface area contributed by atoms with Crippen LogP contribution in [0.2, 0.25) is 0 Å². The largest absolute Gasteiger partial charge is 0.303 e. The van der Waals surface area contributed by atoms with Gasteiger partial charge >= 0.3 is 0 Å². The van der Waals surface area contributed by atoms with Gasteiger partial charge in [-0.3, -0.25) is 0 Å². The molecule has 1 aromatic carbocycles. The summed E-state index contributed by atoms with van der Waals surface area (Å²) in [6, 6.07) is 2.49. The highest BCUT2D eigenvalue weighted by Gasteiger charge is 2.17. The van der Waals surface area contributed by atoms with E-state index in [2.05, 4.69) is 15.9 Å². The van der Waals surface area contributed by atoms with Gasteiger partial charge < -0.3 is 4.79 Å². The predicted molar refractivity (Wildman–Crippen MR) is 53.2 cm³/mol. The highest BCUT2D eigenvalue weighted by molar-refractivity contribution is 9.10. The van der Waals surface area contributed by atoms with Crippen LogP contribution >= 0.6 is 15.9 Å². The summed E-state index contributed by atoms with van der Waals surface area (Å²) < 4.78 is 26.9. The van der Waals surface area contributed by atoms with Crippen molar-refractivity contribution >= 4 is 22.2 Å². The monoisotopic (exact) mass is 262 g/mol. The van der Waals surface area contributed by atoms with Gasteiger partial charge in [-0.25, -0.2) is 8.78 Å². The number of carbonyl (C=O) groups excluding carboxylic acids is 1. The van der Waals surface area contributed by atoms with E-state index in [1.807, 2.05) is 0 Å². The molecule has 1 aromatic rings. The summed E-state index contributed by atoms with van der Waals surface area (Å²) in [5.41, 5.74) is -0.0357. The number of rotatable bonds is 3. The van der Waals surface area contributed by atoms with Crippen molar-refractivity contribution < 1.29 is 13.6 Å². The van der Waals surface area contributed by atoms with Crippen LogP contribution in [0.1, 0.15) is 24.8 Å². The number of halogens is 3. The van der Waals surface area contributed by atoms with Crippen LogP contribution in [0.5, 0.6) is 0 Å². The summed E-state index contributed by atoms with van der Waals surface area (Å²) in [5, 5.41) is 0. The van der Waals surface area contributed by atoms with Crippen molar-refractivity contribution in [2.45, 2.75) is 19.3 Å². The molecule has 0 amide bonds. The minimum atomic E-state index is -0.626. The fourth-order valence-electron chi connectivity index (χ4n) is 1.26. The van der Waals surface area contributed by atoms with E-state index in [1.165, 1.54) is 12.1 Å². The van der Waals surface area contributed by atoms with E-state index in [0.29, 0.717) is 6.29 Å². The number of carbonyl (C=O) groups is 1. The maximum atomic E-state index is 13.4. The fourth-order valence-corrected chi connectivity index (χ4v) is 1.60. The van der Waals surface area contributed by atoms with Crippen LogP contribution < -0.4 is 0 Å². The molecular weight excluding hydrogens is 254 g/mol. The molecule has 0 saturated carbocycles. The van der Waals surface area contributed by atoms with E-state index >= 15 is 0 Å². The van der Waals surface area contributed by atoms with Gasteiger partial charge in [0.15, 0.2) is 0 Å². The first-order valence-corrected chi connectivity index (χ1v) is 4.94. The Hall–Kier alpha value is -0.770. The molecule has 0 aliphatic carbocycles. The molecule has 0 fully saturated rings. The molecule has 0 aromatic heterocycles. The molecule has 0 aliphatic rings. The number of aldehydes is 1. The van der Waals surface area contributed by atoms with E-state index in [4.69, 9.17) is 0 Å². The van der Waals surface area contributed by atoms with Gasteiger partial charge in [0.2, 0.25) is 0 Å². The molecule has 14 heavy (non-hydrogen) atoms. The molecule has 1 unspecified atom stereocenters. The molecule has 1 nitrogen and oxygen atoms in total. The standard InChI is InChI=1S/C10H9BrF2O/c1-6(4-5-14)9-8(12)3-2-7(11)10(9)13/h2-3,5-6H,4H2,1H3. The zero-order chi connectivity index (χ0) is 10.7. The smallest absolute Gasteiger partial charge is 0.143 e. The second kappa shape index (κ2) is 4.64. The quantitative estimate of drug-likeness (QED) is 0.603. The van der Waals surface area contributed by atoms with Gasteiger partial charge in [-0.1, -0.05) is 6.92 Å². The summed E-state index contributed by atoms with van der Waals surface area (Å²) in [6.45, 7) is 1.61. The molecule has 0 saturated heterocycles. The Morgan fingerprint density at radius 1 is 1.50 bits per heavy atom. The van der Waals surface area contributed by atoms with Crippen molar-refractivity contribution in [3.05, 3.63) is 33.8 Å². The number of benzene rings is 1. The predicted octanol–water partition coefficient (Wildman–Crippen LogP) is 3.42. The van der Waals surface area contributed by atoms with E-state index in [0.717, 1.165) is 0 Å². The fraction of sp³-hybridized carbons (Fsp3) is 0.300. The zero-order valence-electron chi connectivity index (χ0n) is 7.56. The Balaban J connectivity index is 3.17. The second-order valence-electron chi connectivity index (χ2n) is 3.06. The molecule has 1 rings (SSSR count). The summed E-state index contributed by atoms with van der Waals surface area (Å²) in [6.07, 6.45) is 0.773. The van der Waals surface area contributed by atoms with Crippen molar-refractivity contribution in [2.24, 2.45) is 0 Å². The lowest BCUT2D eigenvalue weighted by molar-refractivity contribution is -0.108. The lowest BCUT2D eigenvalue weighted by Gasteiger charge is -2.11. The first-order chi connectivity index (χ1) is 6.57. The van der Waals surface area contributed by atoms with Gasteiger partial charge in [-0.2, -0.15) is 0 Å². The second-order valence-corrected chi connectivity index (χ2v) is 3.91. The summed E-state index contributed by atoms with van der Waals surface area (Å²) in [7, 11) is 0. The highest BCUT2D eigenvalue weighted by atomic mass is 79.9. The first-order valence-electron chi connectivity index (χ1n) is 4.15. The molecule has 0 radical (unpaired) electrons. The molecule has 0 N–H and O–H groups in total. The van der Waals surface area contributed by atoms with Crippen molar-refractivity contribution in [3.8, 4) is 0 Å². The minimum Gasteiger partial charge on any atom is -0.303 e. The molecule has 76 valence electrons. The number of hydrogen-bond donors (Lipinski definition) is 0. The van der Waals surface area contributed by atoms with E-state index in [1.54, 1.807) is 6.92 Å². The third-order valence-corrected chi connectivity index (χ3v) is 2.63. The average molecular weight is 263 g/mol. The maximum absolute atomic E-state index is 13.4. The molecule has 0 bridgehead atoms. The van der Waals surface area contributed by atoms with Gasteiger partial charge in [-0.05, 0) is 34.0 Å². The maximum Gasteiger partial charge on any atom is 0.143 e. The van der Waals surface area contributed by atoms with Crippen LogP contribution in [0.25, 0.3) is 0 Å². The Morgan fingerprint density at radius 2 is 2.14 bits per heavy atom. The van der Waals surface area contributed by atoms with Crippen LogP contribution in [0.15, 0.2) is 16.6 Å².